The minimum Gasteiger partial charge on any atom is -0.465 e. The highest BCUT2D eigenvalue weighted by Gasteiger charge is 2.66. The molecule has 1 aromatic rings. The van der Waals surface area contributed by atoms with Gasteiger partial charge in [-0.3, -0.25) is 0 Å². The Morgan fingerprint density at radius 2 is 1.94 bits per heavy atom. The quantitative estimate of drug-likeness (QED) is 0.827. The Kier molecular flexibility index (Phi) is 1.69. The Hall–Kier alpha value is -0.760. The third kappa shape index (κ3) is 1.06. The predicted molar refractivity (Wildman–Crippen MR) is 61.7 cm³/mol. The van der Waals surface area contributed by atoms with E-state index in [1.54, 1.807) is 0 Å². The third-order valence-electron chi connectivity index (χ3n) is 5.30. The van der Waals surface area contributed by atoms with E-state index < -0.39 is 0 Å². The molecule has 0 saturated heterocycles. The fraction of sp³-hybridized carbons (Fsp3) is 0.714. The van der Waals surface area contributed by atoms with Crippen LogP contribution in [0, 0.1) is 36.5 Å². The SMILES string of the molecule is Cc1ccc(C(N)C2C3C4CCC(C4)C32)o1. The Morgan fingerprint density at radius 3 is 2.50 bits per heavy atom. The molecule has 4 rings (SSSR count). The van der Waals surface area contributed by atoms with Crippen LogP contribution in [0.2, 0.25) is 0 Å². The summed E-state index contributed by atoms with van der Waals surface area (Å²) in [5.41, 5.74) is 6.36. The van der Waals surface area contributed by atoms with Crippen molar-refractivity contribution in [3.05, 3.63) is 23.7 Å². The van der Waals surface area contributed by atoms with Crippen molar-refractivity contribution in [1.29, 1.82) is 0 Å². The van der Waals surface area contributed by atoms with Gasteiger partial charge in [0.2, 0.25) is 0 Å². The van der Waals surface area contributed by atoms with Gasteiger partial charge in [0.1, 0.15) is 11.5 Å². The first-order valence-electron chi connectivity index (χ1n) is 6.57. The van der Waals surface area contributed by atoms with Gasteiger partial charge >= 0.3 is 0 Å². The molecule has 5 unspecified atom stereocenters. The Morgan fingerprint density at radius 1 is 1.25 bits per heavy atom. The second-order valence-corrected chi connectivity index (χ2v) is 6.04. The first kappa shape index (κ1) is 9.29. The minimum atomic E-state index is 0.159. The third-order valence-corrected chi connectivity index (χ3v) is 5.30. The summed E-state index contributed by atoms with van der Waals surface area (Å²) in [6.45, 7) is 1.99. The molecular formula is C14H19NO. The number of aryl methyl sites for hydroxylation is 1. The van der Waals surface area contributed by atoms with Gasteiger partial charge in [-0.1, -0.05) is 0 Å². The number of hydrogen-bond donors (Lipinski definition) is 1. The molecule has 3 fully saturated rings. The van der Waals surface area contributed by atoms with Crippen molar-refractivity contribution in [2.45, 2.75) is 32.2 Å². The molecule has 1 heterocycles. The lowest BCUT2D eigenvalue weighted by Gasteiger charge is -2.13. The Labute approximate surface area is 96.2 Å². The van der Waals surface area contributed by atoms with Gasteiger partial charge in [-0.2, -0.15) is 0 Å². The molecular weight excluding hydrogens is 198 g/mol. The molecule has 5 atom stereocenters. The molecule has 2 bridgehead atoms. The van der Waals surface area contributed by atoms with Crippen molar-refractivity contribution in [1.82, 2.24) is 0 Å². The second kappa shape index (κ2) is 2.92. The normalized spacial score (nSPS) is 45.8. The maximum Gasteiger partial charge on any atom is 0.121 e. The van der Waals surface area contributed by atoms with Crippen molar-refractivity contribution >= 4 is 0 Å². The molecule has 2 heteroatoms. The molecule has 2 nitrogen and oxygen atoms in total. The molecule has 16 heavy (non-hydrogen) atoms. The van der Waals surface area contributed by atoms with Gasteiger partial charge in [-0.25, -0.2) is 0 Å². The zero-order valence-electron chi connectivity index (χ0n) is 9.73. The van der Waals surface area contributed by atoms with Crippen LogP contribution in [0.5, 0.6) is 0 Å². The average molecular weight is 217 g/mol. The topological polar surface area (TPSA) is 39.2 Å². The predicted octanol–water partition coefficient (Wildman–Crippen LogP) is 2.88. The zero-order valence-corrected chi connectivity index (χ0v) is 9.73. The summed E-state index contributed by atoms with van der Waals surface area (Å²) in [7, 11) is 0. The van der Waals surface area contributed by atoms with Crippen LogP contribution >= 0.6 is 0 Å². The molecule has 3 saturated carbocycles. The molecule has 1 aromatic heterocycles. The van der Waals surface area contributed by atoms with Crippen LogP contribution in [0.15, 0.2) is 16.5 Å². The van der Waals surface area contributed by atoms with E-state index in [1.165, 1.54) is 19.3 Å². The van der Waals surface area contributed by atoms with Crippen LogP contribution < -0.4 is 5.73 Å². The van der Waals surface area contributed by atoms with E-state index in [-0.39, 0.29) is 6.04 Å². The van der Waals surface area contributed by atoms with Gasteiger partial charge in [0.05, 0.1) is 6.04 Å². The summed E-state index contributed by atoms with van der Waals surface area (Å²) >= 11 is 0. The van der Waals surface area contributed by atoms with Gasteiger partial charge in [0.25, 0.3) is 0 Å². The molecule has 0 spiro atoms. The van der Waals surface area contributed by atoms with Crippen LogP contribution in [0.3, 0.4) is 0 Å². The van der Waals surface area contributed by atoms with Crippen LogP contribution in [0.25, 0.3) is 0 Å². The monoisotopic (exact) mass is 217 g/mol. The number of rotatable bonds is 2. The molecule has 0 aliphatic heterocycles. The fourth-order valence-corrected chi connectivity index (χ4v) is 4.69. The molecule has 3 aliphatic carbocycles. The highest BCUT2D eigenvalue weighted by atomic mass is 16.3. The Balaban J connectivity index is 1.57. The first-order valence-corrected chi connectivity index (χ1v) is 6.57. The molecule has 0 amide bonds. The highest BCUT2D eigenvalue weighted by molar-refractivity contribution is 5.20. The van der Waals surface area contributed by atoms with Crippen LogP contribution in [-0.4, -0.2) is 0 Å². The van der Waals surface area contributed by atoms with Crippen LogP contribution in [-0.2, 0) is 0 Å². The van der Waals surface area contributed by atoms with E-state index >= 15 is 0 Å². The lowest BCUT2D eigenvalue weighted by Crippen LogP contribution is -2.16. The summed E-state index contributed by atoms with van der Waals surface area (Å²) in [5.74, 6) is 6.62. The van der Waals surface area contributed by atoms with Crippen molar-refractivity contribution in [2.24, 2.45) is 35.3 Å². The van der Waals surface area contributed by atoms with Gasteiger partial charge in [-0.05, 0) is 67.9 Å². The molecule has 2 N–H and O–H groups in total. The summed E-state index contributed by atoms with van der Waals surface area (Å²) in [6, 6.07) is 4.25. The number of fused-ring (bicyclic) bond motifs is 5. The molecule has 86 valence electrons. The van der Waals surface area contributed by atoms with Crippen molar-refractivity contribution in [2.75, 3.05) is 0 Å². The number of nitrogens with two attached hydrogens (primary N) is 1. The maximum atomic E-state index is 6.36. The van der Waals surface area contributed by atoms with E-state index in [0.29, 0.717) is 0 Å². The van der Waals surface area contributed by atoms with Gasteiger partial charge < -0.3 is 10.2 Å². The van der Waals surface area contributed by atoms with E-state index in [4.69, 9.17) is 10.2 Å². The summed E-state index contributed by atoms with van der Waals surface area (Å²) in [5, 5.41) is 0. The lowest BCUT2D eigenvalue weighted by molar-refractivity contribution is 0.364. The van der Waals surface area contributed by atoms with E-state index in [0.717, 1.165) is 41.1 Å². The fourth-order valence-electron chi connectivity index (χ4n) is 4.69. The van der Waals surface area contributed by atoms with E-state index in [2.05, 4.69) is 6.07 Å². The summed E-state index contributed by atoms with van der Waals surface area (Å²) in [4.78, 5) is 0. The first-order chi connectivity index (χ1) is 7.75. The zero-order chi connectivity index (χ0) is 10.9. The van der Waals surface area contributed by atoms with Crippen LogP contribution in [0.4, 0.5) is 0 Å². The summed E-state index contributed by atoms with van der Waals surface area (Å²) in [6.07, 6.45) is 4.42. The van der Waals surface area contributed by atoms with E-state index in [9.17, 15) is 0 Å². The summed E-state index contributed by atoms with van der Waals surface area (Å²) < 4.78 is 5.68. The van der Waals surface area contributed by atoms with Crippen LogP contribution in [0.1, 0.15) is 36.8 Å². The van der Waals surface area contributed by atoms with E-state index in [1.807, 2.05) is 13.0 Å². The van der Waals surface area contributed by atoms with Gasteiger partial charge in [0.15, 0.2) is 0 Å². The molecule has 0 aromatic carbocycles. The largest absolute Gasteiger partial charge is 0.465 e. The minimum absolute atomic E-state index is 0.159. The van der Waals surface area contributed by atoms with Gasteiger partial charge in [-0.15, -0.1) is 0 Å². The van der Waals surface area contributed by atoms with Crippen molar-refractivity contribution < 1.29 is 4.42 Å². The molecule has 0 radical (unpaired) electrons. The van der Waals surface area contributed by atoms with Crippen molar-refractivity contribution in [3.8, 4) is 0 Å². The second-order valence-electron chi connectivity index (χ2n) is 6.04. The number of hydrogen-bond acceptors (Lipinski definition) is 2. The standard InChI is InChI=1S/C14H19NO/c1-7-2-5-10(16-7)14(15)13-11-8-3-4-9(6-8)12(11)13/h2,5,8-9,11-14H,3-4,6,15H2,1H3. The van der Waals surface area contributed by atoms with Gasteiger partial charge in [0, 0.05) is 0 Å². The van der Waals surface area contributed by atoms with Crippen molar-refractivity contribution in [3.63, 3.8) is 0 Å². The Bertz CT molecular complexity index is 408. The highest BCUT2D eigenvalue weighted by Crippen LogP contribution is 2.71. The smallest absolute Gasteiger partial charge is 0.121 e. The maximum absolute atomic E-state index is 6.36. The lowest BCUT2D eigenvalue weighted by atomic mass is 9.97. The average Bonchev–Trinajstić information content (AvgIpc) is 2.68. The number of furan rings is 1. The molecule has 3 aliphatic rings.